The van der Waals surface area contributed by atoms with E-state index in [9.17, 15) is 29.4 Å². The predicted octanol–water partition coefficient (Wildman–Crippen LogP) is -2.51. The van der Waals surface area contributed by atoms with Crippen LogP contribution in [0.5, 0.6) is 0 Å². The molecule has 3 fully saturated rings. The van der Waals surface area contributed by atoms with Gasteiger partial charge in [0.1, 0.15) is 18.3 Å². The smallest absolute Gasteiger partial charge is 0.330 e. The van der Waals surface area contributed by atoms with Gasteiger partial charge in [0, 0.05) is 31.5 Å². The largest absolute Gasteiger partial charge is 0.387 e. The summed E-state index contributed by atoms with van der Waals surface area (Å²) >= 11 is 0. The van der Waals surface area contributed by atoms with E-state index < -0.39 is 65.6 Å². The first-order valence-electron chi connectivity index (χ1n) is 10.1. The second-order valence-electron chi connectivity index (χ2n) is 8.20. The highest BCUT2D eigenvalue weighted by Gasteiger charge is 2.63. The van der Waals surface area contributed by atoms with Crippen molar-refractivity contribution in [3.8, 4) is 0 Å². The van der Waals surface area contributed by atoms with Crippen LogP contribution in [0.1, 0.15) is 18.0 Å². The van der Waals surface area contributed by atoms with E-state index in [-0.39, 0.29) is 5.91 Å². The molecule has 168 valence electrons. The number of fused-ring (bicyclic) bond motifs is 1. The lowest BCUT2D eigenvalue weighted by Crippen LogP contribution is -2.49. The lowest BCUT2D eigenvalue weighted by molar-refractivity contribution is -0.139. The van der Waals surface area contributed by atoms with Gasteiger partial charge in [0.15, 0.2) is 6.23 Å². The Balaban J connectivity index is 1.51. The van der Waals surface area contributed by atoms with Crippen LogP contribution < -0.4 is 16.6 Å². The maximum Gasteiger partial charge on any atom is 0.330 e. The Morgan fingerprint density at radius 2 is 1.78 bits per heavy atom. The number of pyridine rings is 1. The number of H-pyrrole nitrogens is 1. The van der Waals surface area contributed by atoms with Crippen LogP contribution in [0.15, 0.2) is 46.2 Å². The second kappa shape index (κ2) is 7.45. The van der Waals surface area contributed by atoms with Gasteiger partial charge in [-0.05, 0) is 12.1 Å². The van der Waals surface area contributed by atoms with E-state index >= 15 is 0 Å². The monoisotopic (exact) mass is 443 g/mol. The van der Waals surface area contributed by atoms with Crippen LogP contribution in [-0.2, 0) is 14.3 Å². The maximum absolute atomic E-state index is 12.9. The summed E-state index contributed by atoms with van der Waals surface area (Å²) in [6.45, 7) is 0. The second-order valence-corrected chi connectivity index (χ2v) is 8.20. The number of aromatic nitrogens is 3. The number of ether oxygens (including phenoxy) is 1. The van der Waals surface area contributed by atoms with Gasteiger partial charge in [0.05, 0.1) is 23.6 Å². The Kier molecular flexibility index (Phi) is 4.82. The van der Waals surface area contributed by atoms with E-state index in [1.165, 1.54) is 7.05 Å². The van der Waals surface area contributed by atoms with Gasteiger partial charge in [-0.15, -0.1) is 0 Å². The molecule has 0 aromatic carbocycles. The highest BCUT2D eigenvalue weighted by molar-refractivity contribution is 6.06. The number of aliphatic hydroxyl groups excluding tert-OH is 2. The molecule has 0 radical (unpaired) electrons. The summed E-state index contributed by atoms with van der Waals surface area (Å²) < 4.78 is 6.83. The topological polar surface area (TPSA) is 167 Å². The molecule has 0 saturated carbocycles. The first-order chi connectivity index (χ1) is 15.3. The number of aliphatic hydroxyl groups is 2. The van der Waals surface area contributed by atoms with Crippen LogP contribution in [0, 0.1) is 11.8 Å². The van der Waals surface area contributed by atoms with E-state index in [4.69, 9.17) is 4.74 Å². The number of hydrogen-bond donors (Lipinski definition) is 4. The predicted molar refractivity (Wildman–Crippen MR) is 106 cm³/mol. The number of aromatic amines is 1. The number of carbonyl (C=O) groups is 2. The minimum atomic E-state index is -1.51. The molecule has 0 bridgehead atoms. The van der Waals surface area contributed by atoms with Crippen LogP contribution in [0.3, 0.4) is 0 Å². The highest BCUT2D eigenvalue weighted by atomic mass is 16.6. The summed E-state index contributed by atoms with van der Waals surface area (Å²) in [5.41, 5.74) is -0.875. The van der Waals surface area contributed by atoms with Gasteiger partial charge in [-0.1, -0.05) is 6.07 Å². The molecule has 0 spiro atoms. The van der Waals surface area contributed by atoms with E-state index in [1.807, 2.05) is 0 Å². The number of carbonyl (C=O) groups excluding carboxylic acids is 2. The summed E-state index contributed by atoms with van der Waals surface area (Å²) in [7, 11) is 1.40. The molecule has 5 rings (SSSR count). The van der Waals surface area contributed by atoms with E-state index in [1.54, 1.807) is 24.4 Å². The third-order valence-corrected chi connectivity index (χ3v) is 6.50. The zero-order valence-electron chi connectivity index (χ0n) is 16.9. The van der Waals surface area contributed by atoms with Gasteiger partial charge in [-0.25, -0.2) is 4.79 Å². The molecule has 3 saturated heterocycles. The van der Waals surface area contributed by atoms with E-state index in [2.05, 4.69) is 15.3 Å². The number of hydrogen-bond acceptors (Lipinski definition) is 9. The molecule has 3 aliphatic heterocycles. The number of likely N-dealkylation sites (tertiary alicyclic amines) is 1. The number of nitrogens with one attached hydrogen (secondary N) is 2. The summed E-state index contributed by atoms with van der Waals surface area (Å²) in [5.74, 6) is -2.40. The fourth-order valence-corrected chi connectivity index (χ4v) is 4.97. The average Bonchev–Trinajstić information content (AvgIpc) is 3.38. The molecular weight excluding hydrogens is 422 g/mol. The van der Waals surface area contributed by atoms with Crippen molar-refractivity contribution in [2.75, 3.05) is 7.05 Å². The minimum absolute atomic E-state index is 0.368. The number of rotatable bonds is 3. The van der Waals surface area contributed by atoms with Crippen molar-refractivity contribution in [3.63, 3.8) is 0 Å². The SMILES string of the molecule is CN1C(=O)[C@H]2[C@@H]([C@H]3O[C@@H](n4ccc(=O)[nH]c4=O)[C@H](O)[C@@H]3O)N[C@@H](c3ccccn3)[C@H]2C1=O. The van der Waals surface area contributed by atoms with Crippen molar-refractivity contribution in [2.24, 2.45) is 11.8 Å². The maximum atomic E-state index is 12.9. The molecule has 2 aromatic heterocycles. The Hall–Kier alpha value is -3.19. The third-order valence-electron chi connectivity index (χ3n) is 6.50. The van der Waals surface area contributed by atoms with Crippen molar-refractivity contribution in [1.29, 1.82) is 0 Å². The number of amides is 2. The first-order valence-corrected chi connectivity index (χ1v) is 10.1. The summed E-state index contributed by atoms with van der Waals surface area (Å²) in [4.78, 5) is 56.7. The fourth-order valence-electron chi connectivity index (χ4n) is 4.97. The number of imide groups is 1. The zero-order chi connectivity index (χ0) is 22.7. The van der Waals surface area contributed by atoms with Crippen LogP contribution in [0.2, 0.25) is 0 Å². The van der Waals surface area contributed by atoms with Gasteiger partial charge in [-0.3, -0.25) is 33.8 Å². The Morgan fingerprint density at radius 1 is 1.03 bits per heavy atom. The van der Waals surface area contributed by atoms with Gasteiger partial charge < -0.3 is 20.3 Å². The molecule has 2 amide bonds. The molecule has 12 heteroatoms. The third kappa shape index (κ3) is 2.95. The Bertz CT molecular complexity index is 1180. The highest BCUT2D eigenvalue weighted by Crippen LogP contribution is 2.46. The quantitative estimate of drug-likeness (QED) is 0.375. The van der Waals surface area contributed by atoms with Gasteiger partial charge in [0.25, 0.3) is 5.56 Å². The molecule has 0 unspecified atom stereocenters. The van der Waals surface area contributed by atoms with Gasteiger partial charge in [0.2, 0.25) is 11.8 Å². The van der Waals surface area contributed by atoms with Crippen LogP contribution >= 0.6 is 0 Å². The van der Waals surface area contributed by atoms with Gasteiger partial charge in [-0.2, -0.15) is 0 Å². The van der Waals surface area contributed by atoms with E-state index in [0.29, 0.717) is 5.69 Å². The molecular formula is C20H21N5O7. The van der Waals surface area contributed by atoms with Crippen molar-refractivity contribution >= 4 is 11.8 Å². The number of nitrogens with zero attached hydrogens (tertiary/aromatic N) is 3. The molecule has 5 heterocycles. The molecule has 0 aliphatic carbocycles. The summed E-state index contributed by atoms with van der Waals surface area (Å²) in [6, 6.07) is 4.88. The molecule has 3 aliphatic rings. The average molecular weight is 443 g/mol. The van der Waals surface area contributed by atoms with Gasteiger partial charge >= 0.3 is 5.69 Å². The van der Waals surface area contributed by atoms with Crippen LogP contribution in [0.4, 0.5) is 0 Å². The van der Waals surface area contributed by atoms with Crippen molar-refractivity contribution in [3.05, 3.63) is 63.2 Å². The van der Waals surface area contributed by atoms with Crippen LogP contribution in [-0.4, -0.2) is 72.9 Å². The van der Waals surface area contributed by atoms with E-state index in [0.717, 1.165) is 21.7 Å². The Labute approximate surface area is 180 Å². The minimum Gasteiger partial charge on any atom is -0.387 e. The van der Waals surface area contributed by atoms with Crippen molar-refractivity contribution in [2.45, 2.75) is 36.6 Å². The van der Waals surface area contributed by atoms with Crippen LogP contribution in [0.25, 0.3) is 0 Å². The molecule has 32 heavy (non-hydrogen) atoms. The standard InChI is InChI=1S/C20H21N5O7/c1-24-17(29)10-11(18(24)30)13(23-12(10)8-4-2-3-6-21-8)16-14(27)15(28)19(32-16)25-7-5-9(26)22-20(25)31/h2-7,10-16,19,23,27-28H,1H3,(H,22,26,31)/t10-,11+,12-,13-,14-,15+,16+,19+/m0/s1. The first kappa shape index (κ1) is 20.7. The fraction of sp³-hybridized carbons (Fsp3) is 0.450. The molecule has 2 aromatic rings. The lowest BCUT2D eigenvalue weighted by Gasteiger charge is -2.26. The van der Waals surface area contributed by atoms with Crippen molar-refractivity contribution in [1.82, 2.24) is 24.8 Å². The zero-order valence-corrected chi connectivity index (χ0v) is 16.9. The Morgan fingerprint density at radius 3 is 2.47 bits per heavy atom. The summed E-state index contributed by atoms with van der Waals surface area (Å²) in [5, 5.41) is 24.6. The molecule has 8 atom stereocenters. The van der Waals surface area contributed by atoms with Crippen molar-refractivity contribution < 1.29 is 24.5 Å². The lowest BCUT2D eigenvalue weighted by atomic mass is 9.85. The normalized spacial score (nSPS) is 36.7. The summed E-state index contributed by atoms with van der Waals surface area (Å²) in [6.07, 6.45) is -2.65. The molecule has 12 nitrogen and oxygen atoms in total. The molecule has 4 N–H and O–H groups in total.